The van der Waals surface area contributed by atoms with E-state index in [0.29, 0.717) is 5.58 Å². The van der Waals surface area contributed by atoms with E-state index < -0.39 is 0 Å². The molecule has 0 unspecified atom stereocenters. The first kappa shape index (κ1) is 11.2. The molecule has 0 aliphatic carbocycles. The van der Waals surface area contributed by atoms with Crippen LogP contribution in [0, 0.1) is 6.92 Å². The van der Waals surface area contributed by atoms with E-state index in [0.717, 1.165) is 26.9 Å². The molecule has 1 aromatic carbocycles. The first-order valence-corrected chi connectivity index (χ1v) is 6.26. The molecule has 0 fully saturated rings. The molecule has 2 heterocycles. The zero-order valence-corrected chi connectivity index (χ0v) is 11.2. The van der Waals surface area contributed by atoms with Crippen molar-refractivity contribution in [3.8, 4) is 0 Å². The third-order valence-corrected chi connectivity index (χ3v) is 3.15. The van der Waals surface area contributed by atoms with Gasteiger partial charge >= 0.3 is 0 Å². The molecule has 0 bridgehead atoms. The summed E-state index contributed by atoms with van der Waals surface area (Å²) in [5.74, 6) is 0. The van der Waals surface area contributed by atoms with Crippen molar-refractivity contribution < 1.29 is 4.52 Å². The van der Waals surface area contributed by atoms with Crippen molar-refractivity contribution in [3.05, 3.63) is 46.8 Å². The van der Waals surface area contributed by atoms with E-state index in [9.17, 15) is 0 Å². The normalized spacial score (nSPS) is 10.8. The van der Waals surface area contributed by atoms with Crippen molar-refractivity contribution in [3.63, 3.8) is 0 Å². The molecule has 0 saturated heterocycles. The molecule has 0 aliphatic rings. The fraction of sp³-hybridized carbons (Fsp3) is 0.0769. The third-order valence-electron chi connectivity index (χ3n) is 2.66. The predicted octanol–water partition coefficient (Wildman–Crippen LogP) is 4.04. The molecule has 0 amide bonds. The monoisotopic (exact) mass is 303 g/mol. The number of pyridine rings is 1. The number of hydrogen-bond donors (Lipinski definition) is 1. The minimum atomic E-state index is 0.687. The number of hydrogen-bond acceptors (Lipinski definition) is 4. The van der Waals surface area contributed by atoms with Crippen LogP contribution in [0.5, 0.6) is 0 Å². The van der Waals surface area contributed by atoms with Crippen LogP contribution in [-0.2, 0) is 0 Å². The van der Waals surface area contributed by atoms with E-state index >= 15 is 0 Å². The van der Waals surface area contributed by atoms with Crippen molar-refractivity contribution in [2.24, 2.45) is 0 Å². The lowest BCUT2D eigenvalue weighted by molar-refractivity contribution is 0.449. The number of benzene rings is 1. The Morgan fingerprint density at radius 2 is 2.17 bits per heavy atom. The predicted molar refractivity (Wildman–Crippen MR) is 74.0 cm³/mol. The summed E-state index contributed by atoms with van der Waals surface area (Å²) in [5.41, 5.74) is 3.42. The van der Waals surface area contributed by atoms with Crippen molar-refractivity contribution in [1.82, 2.24) is 10.1 Å². The van der Waals surface area contributed by atoms with E-state index in [-0.39, 0.29) is 0 Å². The Balaban J connectivity index is 2.07. The van der Waals surface area contributed by atoms with E-state index in [1.165, 1.54) is 0 Å². The number of halogens is 1. The van der Waals surface area contributed by atoms with Gasteiger partial charge in [0.15, 0.2) is 5.58 Å². The zero-order valence-electron chi connectivity index (χ0n) is 9.64. The van der Waals surface area contributed by atoms with Gasteiger partial charge in [0.2, 0.25) is 0 Å². The summed E-state index contributed by atoms with van der Waals surface area (Å²) in [6.07, 6.45) is 3.44. The third kappa shape index (κ3) is 1.97. The second-order valence-electron chi connectivity index (χ2n) is 3.96. The lowest BCUT2D eigenvalue weighted by Crippen LogP contribution is -1.92. The van der Waals surface area contributed by atoms with Gasteiger partial charge in [0.25, 0.3) is 0 Å². The Labute approximate surface area is 112 Å². The SMILES string of the molecule is Cc1noc2cncc(Nc3cccc(Br)c3)c12. The molecule has 2 aromatic heterocycles. The molecule has 18 heavy (non-hydrogen) atoms. The lowest BCUT2D eigenvalue weighted by atomic mass is 10.2. The highest BCUT2D eigenvalue weighted by atomic mass is 79.9. The van der Waals surface area contributed by atoms with Gasteiger partial charge in [-0.15, -0.1) is 0 Å². The van der Waals surface area contributed by atoms with Crippen LogP contribution in [-0.4, -0.2) is 10.1 Å². The van der Waals surface area contributed by atoms with Gasteiger partial charge in [0.05, 0.1) is 29.2 Å². The Kier molecular flexibility index (Phi) is 2.76. The Morgan fingerprint density at radius 3 is 3.00 bits per heavy atom. The van der Waals surface area contributed by atoms with Gasteiger partial charge < -0.3 is 9.84 Å². The Morgan fingerprint density at radius 1 is 1.28 bits per heavy atom. The number of aromatic nitrogens is 2. The number of nitrogens with one attached hydrogen (secondary N) is 1. The minimum absolute atomic E-state index is 0.687. The summed E-state index contributed by atoms with van der Waals surface area (Å²) in [7, 11) is 0. The standard InChI is InChI=1S/C13H10BrN3O/c1-8-13-11(6-15-7-12(13)18-17-8)16-10-4-2-3-9(14)5-10/h2-7,16H,1H3. The Bertz CT molecular complexity index is 708. The molecule has 0 aliphatic heterocycles. The molecule has 5 heteroatoms. The number of rotatable bonds is 2. The van der Waals surface area contributed by atoms with Gasteiger partial charge in [0, 0.05) is 10.2 Å². The lowest BCUT2D eigenvalue weighted by Gasteiger charge is -2.07. The van der Waals surface area contributed by atoms with Crippen molar-refractivity contribution in [1.29, 1.82) is 0 Å². The van der Waals surface area contributed by atoms with Gasteiger partial charge in [0.1, 0.15) is 0 Å². The van der Waals surface area contributed by atoms with Crippen LogP contribution in [0.1, 0.15) is 5.69 Å². The first-order valence-electron chi connectivity index (χ1n) is 5.46. The molecular formula is C13H10BrN3O. The van der Waals surface area contributed by atoms with Crippen LogP contribution >= 0.6 is 15.9 Å². The molecule has 0 atom stereocenters. The highest BCUT2D eigenvalue weighted by Crippen LogP contribution is 2.28. The van der Waals surface area contributed by atoms with E-state index in [4.69, 9.17) is 4.52 Å². The van der Waals surface area contributed by atoms with Gasteiger partial charge in [-0.1, -0.05) is 27.2 Å². The van der Waals surface area contributed by atoms with Crippen LogP contribution in [0.15, 0.2) is 45.7 Å². The molecule has 90 valence electrons. The molecule has 0 saturated carbocycles. The van der Waals surface area contributed by atoms with Crippen LogP contribution < -0.4 is 5.32 Å². The van der Waals surface area contributed by atoms with Crippen LogP contribution in [0.2, 0.25) is 0 Å². The first-order chi connectivity index (χ1) is 8.74. The maximum absolute atomic E-state index is 5.19. The molecule has 4 nitrogen and oxygen atoms in total. The molecule has 0 radical (unpaired) electrons. The summed E-state index contributed by atoms with van der Waals surface area (Å²) in [5, 5.41) is 8.24. The van der Waals surface area contributed by atoms with E-state index in [1.807, 2.05) is 31.2 Å². The van der Waals surface area contributed by atoms with Crippen LogP contribution in [0.4, 0.5) is 11.4 Å². The average molecular weight is 304 g/mol. The zero-order chi connectivity index (χ0) is 12.5. The number of nitrogens with zero attached hydrogens (tertiary/aromatic N) is 2. The van der Waals surface area contributed by atoms with Crippen LogP contribution in [0.25, 0.3) is 11.0 Å². The minimum Gasteiger partial charge on any atom is -0.354 e. The maximum atomic E-state index is 5.19. The van der Waals surface area contributed by atoms with Gasteiger partial charge in [-0.2, -0.15) is 0 Å². The second kappa shape index (κ2) is 4.42. The number of fused-ring (bicyclic) bond motifs is 1. The summed E-state index contributed by atoms with van der Waals surface area (Å²) in [6, 6.07) is 7.95. The fourth-order valence-corrected chi connectivity index (χ4v) is 2.26. The quantitative estimate of drug-likeness (QED) is 0.776. The molecule has 0 spiro atoms. The number of aryl methyl sites for hydroxylation is 1. The van der Waals surface area contributed by atoms with Gasteiger partial charge in [-0.25, -0.2) is 0 Å². The smallest absolute Gasteiger partial charge is 0.187 e. The molecule has 3 rings (SSSR count). The Hall–Kier alpha value is -1.88. The maximum Gasteiger partial charge on any atom is 0.187 e. The highest BCUT2D eigenvalue weighted by molar-refractivity contribution is 9.10. The van der Waals surface area contributed by atoms with Crippen molar-refractivity contribution in [2.45, 2.75) is 6.92 Å². The van der Waals surface area contributed by atoms with Crippen molar-refractivity contribution >= 4 is 38.3 Å². The second-order valence-corrected chi connectivity index (χ2v) is 4.88. The summed E-state index contributed by atoms with van der Waals surface area (Å²) in [6.45, 7) is 1.91. The van der Waals surface area contributed by atoms with Gasteiger partial charge in [-0.3, -0.25) is 4.98 Å². The highest BCUT2D eigenvalue weighted by Gasteiger charge is 2.09. The van der Waals surface area contributed by atoms with Gasteiger partial charge in [-0.05, 0) is 25.1 Å². The number of anilines is 2. The van der Waals surface area contributed by atoms with E-state index in [1.54, 1.807) is 12.4 Å². The largest absolute Gasteiger partial charge is 0.354 e. The van der Waals surface area contributed by atoms with E-state index in [2.05, 4.69) is 31.4 Å². The fourth-order valence-electron chi connectivity index (χ4n) is 1.86. The van der Waals surface area contributed by atoms with Crippen LogP contribution in [0.3, 0.4) is 0 Å². The molecular weight excluding hydrogens is 294 g/mol. The summed E-state index contributed by atoms with van der Waals surface area (Å²) < 4.78 is 6.21. The molecule has 1 N–H and O–H groups in total. The van der Waals surface area contributed by atoms with Crippen molar-refractivity contribution in [2.75, 3.05) is 5.32 Å². The summed E-state index contributed by atoms with van der Waals surface area (Å²) in [4.78, 5) is 4.14. The topological polar surface area (TPSA) is 51.0 Å². The molecule has 3 aromatic rings. The summed E-state index contributed by atoms with van der Waals surface area (Å²) >= 11 is 3.45. The average Bonchev–Trinajstić information content (AvgIpc) is 2.72.